The number of hydrogen-bond acceptors (Lipinski definition) is 4. The van der Waals surface area contributed by atoms with E-state index in [1.54, 1.807) is 0 Å². The highest BCUT2D eigenvalue weighted by molar-refractivity contribution is 5.83. The van der Waals surface area contributed by atoms with Crippen LogP contribution < -0.4 is 5.32 Å². The molecule has 1 N–H and O–H groups in total. The minimum atomic E-state index is -0.413. The Kier molecular flexibility index (Phi) is 6.30. The van der Waals surface area contributed by atoms with Gasteiger partial charge in [-0.2, -0.15) is 0 Å². The first-order chi connectivity index (χ1) is 13.7. The lowest BCUT2D eigenvalue weighted by molar-refractivity contribution is -0.155. The molecule has 1 saturated carbocycles. The molecule has 0 unspecified atom stereocenters. The molecule has 0 radical (unpaired) electrons. The van der Waals surface area contributed by atoms with Crippen LogP contribution in [0.3, 0.4) is 0 Å². The van der Waals surface area contributed by atoms with Gasteiger partial charge >= 0.3 is 5.97 Å². The summed E-state index contributed by atoms with van der Waals surface area (Å²) in [5.74, 6) is -0.741. The zero-order valence-corrected chi connectivity index (χ0v) is 17.7. The highest BCUT2D eigenvalue weighted by Gasteiger charge is 2.44. The monoisotopic (exact) mass is 400 g/mol. The fraction of sp³-hybridized carbons (Fsp3) is 0.609. The van der Waals surface area contributed by atoms with E-state index in [0.717, 1.165) is 12.8 Å². The molecule has 1 aromatic rings. The van der Waals surface area contributed by atoms with Crippen molar-refractivity contribution in [3.63, 3.8) is 0 Å². The number of ether oxygens (including phenoxy) is 1. The lowest BCUT2D eigenvalue weighted by Crippen LogP contribution is -2.45. The molecule has 158 valence electrons. The number of piperidine rings is 1. The van der Waals surface area contributed by atoms with Crippen LogP contribution in [0.5, 0.6) is 0 Å². The van der Waals surface area contributed by atoms with Crippen LogP contribution in [0, 0.1) is 11.3 Å². The Morgan fingerprint density at radius 2 is 1.72 bits per heavy atom. The smallest absolute Gasteiger partial charge is 0.309 e. The van der Waals surface area contributed by atoms with E-state index in [1.807, 2.05) is 43.9 Å². The summed E-state index contributed by atoms with van der Waals surface area (Å²) in [7, 11) is 0. The minimum Gasteiger partial charge on any atom is -0.455 e. The van der Waals surface area contributed by atoms with Crippen LogP contribution in [0.1, 0.15) is 52.0 Å². The number of esters is 1. The van der Waals surface area contributed by atoms with Crippen molar-refractivity contribution in [2.24, 2.45) is 11.3 Å². The third-order valence-corrected chi connectivity index (χ3v) is 5.97. The van der Waals surface area contributed by atoms with Crippen LogP contribution >= 0.6 is 0 Å². The van der Waals surface area contributed by atoms with Gasteiger partial charge in [-0.1, -0.05) is 51.1 Å². The summed E-state index contributed by atoms with van der Waals surface area (Å²) in [6, 6.07) is 10.2. The van der Waals surface area contributed by atoms with E-state index < -0.39 is 5.41 Å². The zero-order chi connectivity index (χ0) is 21.1. The molecule has 0 atom stereocenters. The molecule has 1 aliphatic heterocycles. The van der Waals surface area contributed by atoms with Gasteiger partial charge in [-0.25, -0.2) is 0 Å². The number of nitrogens with zero attached hydrogens (tertiary/aromatic N) is 1. The summed E-state index contributed by atoms with van der Waals surface area (Å²) >= 11 is 0. The third-order valence-electron chi connectivity index (χ3n) is 5.97. The first-order valence-corrected chi connectivity index (χ1v) is 10.5. The van der Waals surface area contributed by atoms with E-state index in [1.165, 1.54) is 5.56 Å². The molecule has 1 aliphatic carbocycles. The Morgan fingerprint density at radius 1 is 1.10 bits per heavy atom. The van der Waals surface area contributed by atoms with Gasteiger partial charge in [-0.3, -0.25) is 14.4 Å². The molecular weight excluding hydrogens is 368 g/mol. The summed E-state index contributed by atoms with van der Waals surface area (Å²) in [4.78, 5) is 38.6. The quantitative estimate of drug-likeness (QED) is 0.745. The van der Waals surface area contributed by atoms with Crippen LogP contribution in [0.4, 0.5) is 0 Å². The normalized spacial score (nSPS) is 18.8. The maximum absolute atomic E-state index is 12.3. The summed E-state index contributed by atoms with van der Waals surface area (Å²) in [5.41, 5.74) is 0.867. The number of carbonyl (C=O) groups excluding carboxylic acids is 3. The molecule has 1 saturated heterocycles. The van der Waals surface area contributed by atoms with E-state index in [9.17, 15) is 14.4 Å². The molecule has 1 heterocycles. The summed E-state index contributed by atoms with van der Waals surface area (Å²) in [6.07, 6.45) is 3.28. The Balaban J connectivity index is 1.38. The number of hydrogen-bond donors (Lipinski definition) is 1. The van der Waals surface area contributed by atoms with Gasteiger partial charge in [0.25, 0.3) is 5.91 Å². The third kappa shape index (κ3) is 5.37. The predicted octanol–water partition coefficient (Wildman–Crippen LogP) is 2.66. The highest BCUT2D eigenvalue weighted by atomic mass is 16.5. The molecular formula is C23H32N2O4. The predicted molar refractivity (Wildman–Crippen MR) is 110 cm³/mol. The highest BCUT2D eigenvalue weighted by Crippen LogP contribution is 2.47. The van der Waals surface area contributed by atoms with Crippen LogP contribution in [-0.2, 0) is 24.5 Å². The standard InChI is InChI=1S/C23H32N2O4/c1-22(2,3)21(28)25-13-9-17(10-14-25)20(27)29-15-19(26)24-16-23(11-12-23)18-7-5-4-6-8-18/h4-8,17H,9-16H2,1-3H3,(H,24,26). The second kappa shape index (κ2) is 8.56. The van der Waals surface area contributed by atoms with E-state index in [-0.39, 0.29) is 35.7 Å². The number of rotatable bonds is 6. The van der Waals surface area contributed by atoms with E-state index in [4.69, 9.17) is 4.74 Å². The number of nitrogens with one attached hydrogen (secondary N) is 1. The number of carbonyl (C=O) groups is 3. The summed E-state index contributed by atoms with van der Waals surface area (Å²) < 4.78 is 5.24. The fourth-order valence-electron chi connectivity index (χ4n) is 3.88. The summed E-state index contributed by atoms with van der Waals surface area (Å²) in [5, 5.41) is 2.91. The van der Waals surface area contributed by atoms with Crippen molar-refractivity contribution in [3.05, 3.63) is 35.9 Å². The van der Waals surface area contributed by atoms with Crippen LogP contribution in [0.15, 0.2) is 30.3 Å². The topological polar surface area (TPSA) is 75.7 Å². The van der Waals surface area contributed by atoms with Crippen molar-refractivity contribution in [1.82, 2.24) is 10.2 Å². The number of likely N-dealkylation sites (tertiary alicyclic amines) is 1. The second-order valence-corrected chi connectivity index (χ2v) is 9.35. The molecule has 2 amide bonds. The van der Waals surface area contributed by atoms with Crippen molar-refractivity contribution in [2.75, 3.05) is 26.2 Å². The van der Waals surface area contributed by atoms with E-state index >= 15 is 0 Å². The van der Waals surface area contributed by atoms with Gasteiger partial charge in [0.15, 0.2) is 6.61 Å². The average molecular weight is 401 g/mol. The molecule has 1 aromatic carbocycles. The fourth-order valence-corrected chi connectivity index (χ4v) is 3.88. The van der Waals surface area contributed by atoms with Crippen molar-refractivity contribution < 1.29 is 19.1 Å². The van der Waals surface area contributed by atoms with Gasteiger partial charge in [-0.15, -0.1) is 0 Å². The Bertz CT molecular complexity index is 742. The van der Waals surface area contributed by atoms with Gasteiger partial charge in [0.2, 0.25) is 5.91 Å². The van der Waals surface area contributed by atoms with E-state index in [0.29, 0.717) is 32.5 Å². The molecule has 0 bridgehead atoms. The maximum atomic E-state index is 12.3. The molecule has 0 aromatic heterocycles. The van der Waals surface area contributed by atoms with Gasteiger partial charge in [0, 0.05) is 30.5 Å². The maximum Gasteiger partial charge on any atom is 0.309 e. The van der Waals surface area contributed by atoms with Crippen molar-refractivity contribution in [3.8, 4) is 0 Å². The Morgan fingerprint density at radius 3 is 2.28 bits per heavy atom. The lowest BCUT2D eigenvalue weighted by Gasteiger charge is -2.34. The van der Waals surface area contributed by atoms with Gasteiger partial charge in [-0.05, 0) is 31.2 Å². The van der Waals surface area contributed by atoms with Gasteiger partial charge in [0.05, 0.1) is 5.92 Å². The average Bonchev–Trinajstić information content (AvgIpc) is 3.51. The van der Waals surface area contributed by atoms with E-state index in [2.05, 4.69) is 17.4 Å². The Hall–Kier alpha value is -2.37. The number of benzene rings is 1. The molecule has 29 heavy (non-hydrogen) atoms. The molecule has 3 rings (SSSR count). The van der Waals surface area contributed by atoms with Crippen molar-refractivity contribution >= 4 is 17.8 Å². The minimum absolute atomic E-state index is 0.0351. The first kappa shape index (κ1) is 21.3. The Labute approximate surface area is 173 Å². The molecule has 6 nitrogen and oxygen atoms in total. The SMILES string of the molecule is CC(C)(C)C(=O)N1CCC(C(=O)OCC(=O)NCC2(c3ccccc3)CC2)CC1. The van der Waals surface area contributed by atoms with Crippen molar-refractivity contribution in [1.29, 1.82) is 0 Å². The van der Waals surface area contributed by atoms with Gasteiger partial charge in [0.1, 0.15) is 0 Å². The van der Waals surface area contributed by atoms with Crippen molar-refractivity contribution in [2.45, 2.75) is 51.9 Å². The first-order valence-electron chi connectivity index (χ1n) is 10.5. The largest absolute Gasteiger partial charge is 0.455 e. The lowest BCUT2D eigenvalue weighted by atomic mass is 9.91. The molecule has 2 aliphatic rings. The van der Waals surface area contributed by atoms with Gasteiger partial charge < -0.3 is 15.0 Å². The van der Waals surface area contributed by atoms with Crippen LogP contribution in [0.2, 0.25) is 0 Å². The molecule has 6 heteroatoms. The molecule has 0 spiro atoms. The van der Waals surface area contributed by atoms with Crippen LogP contribution in [0.25, 0.3) is 0 Å². The summed E-state index contributed by atoms with van der Waals surface area (Å²) in [6.45, 7) is 7.14. The molecule has 2 fully saturated rings. The number of amides is 2. The van der Waals surface area contributed by atoms with Crippen LogP contribution in [-0.4, -0.2) is 48.9 Å². The second-order valence-electron chi connectivity index (χ2n) is 9.35. The zero-order valence-electron chi connectivity index (χ0n) is 17.7.